The lowest BCUT2D eigenvalue weighted by Gasteiger charge is -2.00. The zero-order chi connectivity index (χ0) is 10.8. The van der Waals surface area contributed by atoms with E-state index in [1.165, 1.54) is 0 Å². The van der Waals surface area contributed by atoms with E-state index < -0.39 is 0 Å². The van der Waals surface area contributed by atoms with Crippen molar-refractivity contribution >= 4 is 21.7 Å². The maximum absolute atomic E-state index is 5.60. The number of hydrogen-bond acceptors (Lipinski definition) is 4. The van der Waals surface area contributed by atoms with Crippen LogP contribution in [0.25, 0.3) is 0 Å². The first-order chi connectivity index (χ1) is 7.15. The number of nitrogens with zero attached hydrogens (tertiary/aromatic N) is 4. The lowest BCUT2D eigenvalue weighted by molar-refractivity contribution is 0.655. The number of nitrogen functional groups attached to an aromatic ring is 1. The van der Waals surface area contributed by atoms with Crippen LogP contribution in [0.2, 0.25) is 0 Å². The van der Waals surface area contributed by atoms with Crippen LogP contribution in [0.5, 0.6) is 0 Å². The number of nitrogens with two attached hydrogens (primary N) is 1. The largest absolute Gasteiger partial charge is 0.381 e. The normalized spacial score (nSPS) is 10.5. The van der Waals surface area contributed by atoms with Gasteiger partial charge in [-0.1, -0.05) is 0 Å². The van der Waals surface area contributed by atoms with Gasteiger partial charge >= 0.3 is 0 Å². The molecule has 0 atom stereocenters. The fraction of sp³-hybridized carbons (Fsp3) is 0.222. The maximum Gasteiger partial charge on any atom is 0.159 e. The third kappa shape index (κ3) is 2.33. The van der Waals surface area contributed by atoms with E-state index in [2.05, 4.69) is 31.0 Å². The molecule has 0 aliphatic heterocycles. The van der Waals surface area contributed by atoms with Crippen molar-refractivity contribution < 1.29 is 0 Å². The Bertz CT molecular complexity index is 460. The monoisotopic (exact) mass is 267 g/mol. The molecule has 2 heterocycles. The number of rotatable bonds is 2. The minimum atomic E-state index is 0.475. The predicted molar refractivity (Wildman–Crippen MR) is 60.2 cm³/mol. The fourth-order valence-electron chi connectivity index (χ4n) is 1.21. The Balaban J connectivity index is 2.22. The lowest BCUT2D eigenvalue weighted by atomic mass is 10.4. The Morgan fingerprint density at radius 3 is 2.93 bits per heavy atom. The van der Waals surface area contributed by atoms with Gasteiger partial charge in [0.2, 0.25) is 0 Å². The molecule has 0 unspecified atom stereocenters. The van der Waals surface area contributed by atoms with Crippen LogP contribution in [0, 0.1) is 6.92 Å². The molecule has 0 aromatic carbocycles. The number of hydrogen-bond donors (Lipinski definition) is 1. The van der Waals surface area contributed by atoms with Gasteiger partial charge in [-0.05, 0) is 28.9 Å². The van der Waals surface area contributed by atoms with E-state index in [-0.39, 0.29) is 0 Å². The van der Waals surface area contributed by atoms with E-state index >= 15 is 0 Å². The Labute approximate surface area is 95.5 Å². The molecule has 5 nitrogen and oxygen atoms in total. The third-order valence-corrected chi connectivity index (χ3v) is 2.50. The second-order valence-corrected chi connectivity index (χ2v) is 4.03. The van der Waals surface area contributed by atoms with Gasteiger partial charge in [0.25, 0.3) is 0 Å². The second-order valence-electron chi connectivity index (χ2n) is 3.17. The minimum Gasteiger partial charge on any atom is -0.381 e. The van der Waals surface area contributed by atoms with Crippen LogP contribution in [0.4, 0.5) is 5.82 Å². The van der Waals surface area contributed by atoms with Gasteiger partial charge in [0, 0.05) is 18.1 Å². The first-order valence-electron chi connectivity index (χ1n) is 4.42. The first kappa shape index (κ1) is 10.1. The minimum absolute atomic E-state index is 0.475. The standard InChI is InChI=1S/C9H10BrN5/c1-6-2-3-12-8(13-6)5-15-4-7(10)9(11)14-15/h2-4H,5H2,1H3,(H2,11,14). The molecule has 0 spiro atoms. The van der Waals surface area contributed by atoms with Crippen molar-refractivity contribution in [2.75, 3.05) is 5.73 Å². The highest BCUT2D eigenvalue weighted by Crippen LogP contribution is 2.16. The van der Waals surface area contributed by atoms with Crippen LogP contribution in [0.15, 0.2) is 22.9 Å². The maximum atomic E-state index is 5.60. The summed E-state index contributed by atoms with van der Waals surface area (Å²) in [5.41, 5.74) is 6.55. The zero-order valence-corrected chi connectivity index (χ0v) is 9.77. The van der Waals surface area contributed by atoms with Crippen LogP contribution in [0.1, 0.15) is 11.5 Å². The summed E-state index contributed by atoms with van der Waals surface area (Å²) in [6, 6.07) is 1.86. The van der Waals surface area contributed by atoms with Gasteiger partial charge < -0.3 is 5.73 Å². The van der Waals surface area contributed by atoms with Gasteiger partial charge in [0.15, 0.2) is 5.82 Å². The van der Waals surface area contributed by atoms with Crippen molar-refractivity contribution in [1.82, 2.24) is 19.7 Å². The van der Waals surface area contributed by atoms with Crippen molar-refractivity contribution in [3.8, 4) is 0 Å². The molecule has 0 saturated heterocycles. The van der Waals surface area contributed by atoms with Gasteiger partial charge in [-0.3, -0.25) is 4.68 Å². The summed E-state index contributed by atoms with van der Waals surface area (Å²) in [6.07, 6.45) is 3.54. The Morgan fingerprint density at radius 1 is 1.53 bits per heavy atom. The molecule has 0 radical (unpaired) electrons. The van der Waals surface area contributed by atoms with Crippen LogP contribution in [0.3, 0.4) is 0 Å². The Hall–Kier alpha value is -1.43. The molecule has 0 aliphatic rings. The number of halogens is 1. The quantitative estimate of drug-likeness (QED) is 0.893. The third-order valence-electron chi connectivity index (χ3n) is 1.89. The van der Waals surface area contributed by atoms with Crippen LogP contribution >= 0.6 is 15.9 Å². The molecule has 2 N–H and O–H groups in total. The molecule has 15 heavy (non-hydrogen) atoms. The van der Waals surface area contributed by atoms with E-state index in [4.69, 9.17) is 5.73 Å². The molecule has 2 rings (SSSR count). The highest BCUT2D eigenvalue weighted by Gasteiger charge is 2.04. The SMILES string of the molecule is Cc1ccnc(Cn2cc(Br)c(N)n2)n1. The predicted octanol–water partition coefficient (Wildman–Crippen LogP) is 1.37. The van der Waals surface area contributed by atoms with E-state index in [1.54, 1.807) is 17.1 Å². The van der Waals surface area contributed by atoms with Crippen LogP contribution < -0.4 is 5.73 Å². The lowest BCUT2D eigenvalue weighted by Crippen LogP contribution is -2.05. The van der Waals surface area contributed by atoms with Crippen molar-refractivity contribution in [3.05, 3.63) is 34.5 Å². The van der Waals surface area contributed by atoms with Gasteiger partial charge in [-0.25, -0.2) is 9.97 Å². The van der Waals surface area contributed by atoms with Gasteiger partial charge in [-0.2, -0.15) is 5.10 Å². The molecular weight excluding hydrogens is 258 g/mol. The number of anilines is 1. The molecule has 0 amide bonds. The summed E-state index contributed by atoms with van der Waals surface area (Å²) in [5.74, 6) is 1.20. The van der Waals surface area contributed by atoms with E-state index in [1.807, 2.05) is 13.0 Å². The van der Waals surface area contributed by atoms with Gasteiger partial charge in [0.1, 0.15) is 12.4 Å². The molecule has 0 fully saturated rings. The molecule has 2 aromatic heterocycles. The van der Waals surface area contributed by atoms with Crippen molar-refractivity contribution in [3.63, 3.8) is 0 Å². The van der Waals surface area contributed by atoms with Crippen molar-refractivity contribution in [2.24, 2.45) is 0 Å². The topological polar surface area (TPSA) is 69.6 Å². The zero-order valence-electron chi connectivity index (χ0n) is 8.18. The molecule has 6 heteroatoms. The summed E-state index contributed by atoms with van der Waals surface area (Å²) in [5, 5.41) is 4.10. The van der Waals surface area contributed by atoms with Crippen molar-refractivity contribution in [1.29, 1.82) is 0 Å². The summed E-state index contributed by atoms with van der Waals surface area (Å²) in [6.45, 7) is 2.45. The second kappa shape index (κ2) is 3.98. The molecule has 2 aromatic rings. The smallest absolute Gasteiger partial charge is 0.159 e. The van der Waals surface area contributed by atoms with Crippen molar-refractivity contribution in [2.45, 2.75) is 13.5 Å². The number of aryl methyl sites for hydroxylation is 1. The number of aromatic nitrogens is 4. The fourth-order valence-corrected chi connectivity index (χ4v) is 1.53. The van der Waals surface area contributed by atoms with E-state index in [0.29, 0.717) is 12.4 Å². The molecule has 0 saturated carbocycles. The van der Waals surface area contributed by atoms with E-state index in [9.17, 15) is 0 Å². The average molecular weight is 268 g/mol. The summed E-state index contributed by atoms with van der Waals surface area (Å²) < 4.78 is 2.49. The molecule has 0 bridgehead atoms. The summed E-state index contributed by atoms with van der Waals surface area (Å²) in [4.78, 5) is 8.43. The highest BCUT2D eigenvalue weighted by atomic mass is 79.9. The average Bonchev–Trinajstić information content (AvgIpc) is 2.45. The molecular formula is C9H10BrN5. The summed E-state index contributed by atoms with van der Waals surface area (Å²) >= 11 is 3.29. The molecule has 0 aliphatic carbocycles. The van der Waals surface area contributed by atoms with Gasteiger partial charge in [-0.15, -0.1) is 0 Å². The highest BCUT2D eigenvalue weighted by molar-refractivity contribution is 9.10. The Kier molecular flexibility index (Phi) is 2.68. The van der Waals surface area contributed by atoms with Crippen LogP contribution in [-0.4, -0.2) is 19.7 Å². The van der Waals surface area contributed by atoms with Crippen LogP contribution in [-0.2, 0) is 6.54 Å². The molecule has 78 valence electrons. The first-order valence-corrected chi connectivity index (χ1v) is 5.21. The van der Waals surface area contributed by atoms with E-state index in [0.717, 1.165) is 16.0 Å². The Morgan fingerprint density at radius 2 is 2.33 bits per heavy atom. The van der Waals surface area contributed by atoms with Gasteiger partial charge in [0.05, 0.1) is 4.47 Å². The summed E-state index contributed by atoms with van der Waals surface area (Å²) in [7, 11) is 0.